The molecule has 9 heavy (non-hydrogen) atoms. The minimum absolute atomic E-state index is 0.318. The highest BCUT2D eigenvalue weighted by atomic mass is 14.7. The van der Waals surface area contributed by atoms with Gasteiger partial charge in [-0.1, -0.05) is 6.92 Å². The van der Waals surface area contributed by atoms with Crippen LogP contribution in [0.2, 0.25) is 0 Å². The lowest BCUT2D eigenvalue weighted by Gasteiger charge is -2.28. The van der Waals surface area contributed by atoms with Crippen LogP contribution < -0.4 is 11.5 Å². The van der Waals surface area contributed by atoms with E-state index in [-0.39, 0.29) is 0 Å². The lowest BCUT2D eigenvalue weighted by molar-refractivity contribution is 0.348. The summed E-state index contributed by atoms with van der Waals surface area (Å²) in [4.78, 5) is 0. The van der Waals surface area contributed by atoms with Gasteiger partial charge < -0.3 is 11.5 Å². The average molecular weight is 127 g/mol. The van der Waals surface area contributed by atoms with E-state index in [2.05, 4.69) is 6.92 Å². The molecule has 0 aromatic heterocycles. The Hall–Kier alpha value is -0.0800. The van der Waals surface area contributed by atoms with Crippen molar-refractivity contribution in [3.05, 3.63) is 6.04 Å². The van der Waals surface area contributed by atoms with E-state index in [1.165, 1.54) is 6.42 Å². The predicted molar refractivity (Wildman–Crippen MR) is 38.4 cm³/mol. The van der Waals surface area contributed by atoms with Crippen LogP contribution in [-0.4, -0.2) is 6.04 Å². The van der Waals surface area contributed by atoms with Crippen molar-refractivity contribution in [3.63, 3.8) is 0 Å². The van der Waals surface area contributed by atoms with E-state index in [0.717, 1.165) is 18.9 Å². The first-order valence-corrected chi connectivity index (χ1v) is 3.56. The molecule has 0 aromatic rings. The van der Waals surface area contributed by atoms with E-state index < -0.39 is 0 Å². The molecule has 0 amide bonds. The van der Waals surface area contributed by atoms with Crippen LogP contribution in [-0.2, 0) is 0 Å². The predicted octanol–water partition coefficient (Wildman–Crippen LogP) is 0.624. The number of hydrogen-bond acceptors (Lipinski definition) is 2. The zero-order valence-corrected chi connectivity index (χ0v) is 5.93. The molecule has 0 aromatic carbocycles. The fourth-order valence-electron chi connectivity index (χ4n) is 1.23. The molecule has 1 rings (SSSR count). The van der Waals surface area contributed by atoms with Crippen molar-refractivity contribution in [2.24, 2.45) is 17.4 Å². The summed E-state index contributed by atoms with van der Waals surface area (Å²) >= 11 is 0. The normalized spacial score (nSPS) is 39.0. The molecule has 0 spiro atoms. The maximum Gasteiger partial charge on any atom is 0.0352 e. The van der Waals surface area contributed by atoms with Gasteiger partial charge in [0.1, 0.15) is 0 Å². The Morgan fingerprint density at radius 3 is 2.67 bits per heavy atom. The van der Waals surface area contributed by atoms with E-state index in [1.807, 2.05) is 0 Å². The van der Waals surface area contributed by atoms with Crippen molar-refractivity contribution in [1.82, 2.24) is 0 Å². The van der Waals surface area contributed by atoms with Gasteiger partial charge in [-0.05, 0) is 25.2 Å². The molecule has 0 saturated heterocycles. The third kappa shape index (κ3) is 1.66. The van der Waals surface area contributed by atoms with Gasteiger partial charge in [-0.15, -0.1) is 0 Å². The van der Waals surface area contributed by atoms with Crippen LogP contribution in [0.15, 0.2) is 0 Å². The zero-order valence-electron chi connectivity index (χ0n) is 5.93. The molecule has 2 heteroatoms. The maximum absolute atomic E-state index is 5.77. The van der Waals surface area contributed by atoms with Crippen molar-refractivity contribution in [2.45, 2.75) is 32.2 Å². The van der Waals surface area contributed by atoms with Crippen LogP contribution in [0.3, 0.4) is 0 Å². The summed E-state index contributed by atoms with van der Waals surface area (Å²) in [5.41, 5.74) is 11.4. The summed E-state index contributed by atoms with van der Waals surface area (Å²) in [6.07, 6.45) is 3.18. The van der Waals surface area contributed by atoms with Crippen molar-refractivity contribution < 1.29 is 0 Å². The van der Waals surface area contributed by atoms with E-state index >= 15 is 0 Å². The highest BCUT2D eigenvalue weighted by molar-refractivity contribution is 4.93. The molecule has 2 atom stereocenters. The highest BCUT2D eigenvalue weighted by Gasteiger charge is 2.22. The van der Waals surface area contributed by atoms with E-state index in [9.17, 15) is 0 Å². The molecule has 1 aliphatic carbocycles. The number of rotatable bonds is 0. The molecule has 2 nitrogen and oxygen atoms in total. The van der Waals surface area contributed by atoms with Gasteiger partial charge in [-0.2, -0.15) is 0 Å². The molecule has 2 unspecified atom stereocenters. The van der Waals surface area contributed by atoms with Gasteiger partial charge in [0.2, 0.25) is 0 Å². The lowest BCUT2D eigenvalue weighted by Crippen LogP contribution is -2.36. The van der Waals surface area contributed by atoms with Gasteiger partial charge in [0.05, 0.1) is 0 Å². The van der Waals surface area contributed by atoms with Crippen LogP contribution in [0, 0.1) is 12.0 Å². The van der Waals surface area contributed by atoms with Gasteiger partial charge in [0, 0.05) is 12.1 Å². The smallest absolute Gasteiger partial charge is 0.0352 e. The molecule has 53 valence electrons. The minimum Gasteiger partial charge on any atom is -0.327 e. The van der Waals surface area contributed by atoms with Crippen LogP contribution in [0.4, 0.5) is 0 Å². The Labute approximate surface area is 56.6 Å². The maximum atomic E-state index is 5.77. The fraction of sp³-hybridized carbons (Fsp3) is 0.857. The van der Waals surface area contributed by atoms with Gasteiger partial charge >= 0.3 is 0 Å². The first-order valence-electron chi connectivity index (χ1n) is 3.56. The van der Waals surface area contributed by atoms with Crippen LogP contribution in [0.5, 0.6) is 0 Å². The fourth-order valence-corrected chi connectivity index (χ4v) is 1.23. The quantitative estimate of drug-likeness (QED) is 0.501. The lowest BCUT2D eigenvalue weighted by atomic mass is 9.84. The largest absolute Gasteiger partial charge is 0.327 e. The van der Waals surface area contributed by atoms with Gasteiger partial charge in [-0.25, -0.2) is 0 Å². The molecule has 1 aliphatic rings. The first kappa shape index (κ1) is 7.03. The number of nitrogens with two attached hydrogens (primary N) is 2. The molecular weight excluding hydrogens is 112 g/mol. The first-order chi connectivity index (χ1) is 4.20. The molecule has 1 radical (unpaired) electrons. The van der Waals surface area contributed by atoms with E-state index in [1.54, 1.807) is 0 Å². The Balaban J connectivity index is 2.35. The summed E-state index contributed by atoms with van der Waals surface area (Å²) in [5, 5.41) is 0. The molecule has 1 fully saturated rings. The van der Waals surface area contributed by atoms with Crippen molar-refractivity contribution in [1.29, 1.82) is 0 Å². The summed E-state index contributed by atoms with van der Waals surface area (Å²) in [5.74, 6) is 0.664. The SMILES string of the molecule is CC1CC[C](N)CC1N. The van der Waals surface area contributed by atoms with Crippen molar-refractivity contribution in [3.8, 4) is 0 Å². The molecule has 4 N–H and O–H groups in total. The number of hydrogen-bond donors (Lipinski definition) is 2. The average Bonchev–Trinajstić information content (AvgIpc) is 1.80. The Bertz CT molecular complexity index is 92.9. The van der Waals surface area contributed by atoms with Gasteiger partial charge in [0.15, 0.2) is 0 Å². The zero-order chi connectivity index (χ0) is 6.85. The minimum atomic E-state index is 0.318. The second-order valence-corrected chi connectivity index (χ2v) is 3.04. The molecule has 0 bridgehead atoms. The Morgan fingerprint density at radius 2 is 2.22 bits per heavy atom. The monoisotopic (exact) mass is 127 g/mol. The summed E-state index contributed by atoms with van der Waals surface area (Å²) < 4.78 is 0. The molecular formula is C7H15N2. The van der Waals surface area contributed by atoms with E-state index in [4.69, 9.17) is 11.5 Å². The van der Waals surface area contributed by atoms with Crippen LogP contribution in [0.1, 0.15) is 26.2 Å². The van der Waals surface area contributed by atoms with Gasteiger partial charge in [0.25, 0.3) is 0 Å². The Morgan fingerprint density at radius 1 is 1.56 bits per heavy atom. The Kier molecular flexibility index (Phi) is 2.09. The van der Waals surface area contributed by atoms with Crippen LogP contribution >= 0.6 is 0 Å². The van der Waals surface area contributed by atoms with Gasteiger partial charge in [-0.3, -0.25) is 0 Å². The molecule has 1 saturated carbocycles. The van der Waals surface area contributed by atoms with Crippen LogP contribution in [0.25, 0.3) is 0 Å². The topological polar surface area (TPSA) is 52.0 Å². The second kappa shape index (κ2) is 2.67. The summed E-state index contributed by atoms with van der Waals surface area (Å²) in [6.45, 7) is 2.19. The highest BCUT2D eigenvalue weighted by Crippen LogP contribution is 2.25. The standard InChI is InChI=1S/C7H15N2/c1-5-2-3-6(8)4-7(5)9/h5,7H,2-4,8-9H2,1H3. The third-order valence-corrected chi connectivity index (χ3v) is 2.15. The third-order valence-electron chi connectivity index (χ3n) is 2.15. The summed E-state index contributed by atoms with van der Waals surface area (Å²) in [6, 6.07) is 1.40. The van der Waals surface area contributed by atoms with Crippen molar-refractivity contribution in [2.75, 3.05) is 0 Å². The molecule has 0 aliphatic heterocycles. The molecule has 0 heterocycles. The van der Waals surface area contributed by atoms with Crippen molar-refractivity contribution >= 4 is 0 Å². The second-order valence-electron chi connectivity index (χ2n) is 3.04. The van der Waals surface area contributed by atoms with E-state index in [0.29, 0.717) is 12.0 Å². The summed E-state index contributed by atoms with van der Waals surface area (Å²) in [7, 11) is 0.